The van der Waals surface area contributed by atoms with Crippen LogP contribution in [-0.4, -0.2) is 59.0 Å². The number of piperazine rings is 1. The molecule has 0 spiro atoms. The first-order valence-electron chi connectivity index (χ1n) is 10.4. The molecule has 1 N–H and O–H groups in total. The Kier molecular flexibility index (Phi) is 7.84. The summed E-state index contributed by atoms with van der Waals surface area (Å²) >= 11 is 0. The number of hydrogen-bond acceptors (Lipinski definition) is 5. The van der Waals surface area contributed by atoms with Crippen LogP contribution in [0.4, 0.5) is 0 Å². The first-order valence-corrected chi connectivity index (χ1v) is 12.0. The minimum Gasteiger partial charge on any atom is -0.384 e. The molecule has 5 nitrogen and oxygen atoms in total. The van der Waals surface area contributed by atoms with Crippen molar-refractivity contribution >= 4 is 9.84 Å². The molecular weight excluding hydrogens is 384 g/mol. The topological polar surface area (TPSA) is 58.6 Å². The smallest absolute Gasteiger partial charge is 0.178 e. The fourth-order valence-corrected chi connectivity index (χ4v) is 5.42. The molecule has 2 aromatic carbocycles. The number of rotatable bonds is 9. The van der Waals surface area contributed by atoms with Crippen molar-refractivity contribution in [2.45, 2.75) is 30.2 Å². The van der Waals surface area contributed by atoms with Crippen LogP contribution in [0.3, 0.4) is 0 Å². The summed E-state index contributed by atoms with van der Waals surface area (Å²) in [5, 5.41) is 3.43. The number of ether oxygens (including phenoxy) is 1. The van der Waals surface area contributed by atoms with E-state index in [-0.39, 0.29) is 11.7 Å². The van der Waals surface area contributed by atoms with E-state index in [1.54, 1.807) is 19.2 Å². The summed E-state index contributed by atoms with van der Waals surface area (Å²) in [5.74, 6) is 0.183. The number of methoxy groups -OCH3 is 1. The highest BCUT2D eigenvalue weighted by Crippen LogP contribution is 2.26. The van der Waals surface area contributed by atoms with Gasteiger partial charge < -0.3 is 10.1 Å². The zero-order valence-corrected chi connectivity index (χ0v) is 18.2. The highest BCUT2D eigenvalue weighted by atomic mass is 32.2. The molecule has 1 fully saturated rings. The molecule has 2 atom stereocenters. The Balaban J connectivity index is 1.69. The third-order valence-electron chi connectivity index (χ3n) is 5.76. The van der Waals surface area contributed by atoms with Gasteiger partial charge in [-0.3, -0.25) is 4.90 Å². The van der Waals surface area contributed by atoms with Gasteiger partial charge in [0.15, 0.2) is 9.84 Å². The van der Waals surface area contributed by atoms with E-state index in [4.69, 9.17) is 4.74 Å². The van der Waals surface area contributed by atoms with Crippen LogP contribution in [-0.2, 0) is 14.6 Å². The lowest BCUT2D eigenvalue weighted by molar-refractivity contribution is 0.171. The van der Waals surface area contributed by atoms with Crippen molar-refractivity contribution < 1.29 is 13.2 Å². The summed E-state index contributed by atoms with van der Waals surface area (Å²) in [6.45, 7) is 6.59. The fourth-order valence-electron chi connectivity index (χ4n) is 4.04. The van der Waals surface area contributed by atoms with Gasteiger partial charge in [0.05, 0.1) is 17.3 Å². The fraction of sp³-hybridized carbons (Fsp3) is 0.478. The standard InChI is InChI=1S/C23H32N2O3S/c1-3-25-15-14-24-17-23(25)20-9-11-22(12-10-20)29(26,27)16-13-21(18-28-2)19-7-5-4-6-8-19/h4-12,21,23-24H,3,13-18H2,1-2H3. The summed E-state index contributed by atoms with van der Waals surface area (Å²) in [6.07, 6.45) is 0.540. The van der Waals surface area contributed by atoms with Gasteiger partial charge in [0.25, 0.3) is 0 Å². The first kappa shape index (κ1) is 22.0. The second-order valence-electron chi connectivity index (χ2n) is 7.59. The van der Waals surface area contributed by atoms with E-state index in [1.807, 2.05) is 42.5 Å². The van der Waals surface area contributed by atoms with Crippen LogP contribution < -0.4 is 5.32 Å². The van der Waals surface area contributed by atoms with Crippen molar-refractivity contribution in [3.63, 3.8) is 0 Å². The SMILES string of the molecule is CCN1CCNCC1c1ccc(S(=O)(=O)CCC(COC)c2ccccc2)cc1. The minimum absolute atomic E-state index is 0.0710. The van der Waals surface area contributed by atoms with Crippen LogP contribution in [0.5, 0.6) is 0 Å². The van der Waals surface area contributed by atoms with Gasteiger partial charge in [-0.05, 0) is 36.2 Å². The molecule has 1 heterocycles. The predicted molar refractivity (Wildman–Crippen MR) is 117 cm³/mol. The van der Waals surface area contributed by atoms with Crippen molar-refractivity contribution in [3.8, 4) is 0 Å². The molecule has 158 valence electrons. The zero-order chi connectivity index (χ0) is 20.7. The van der Waals surface area contributed by atoms with E-state index in [0.29, 0.717) is 24.0 Å². The van der Waals surface area contributed by atoms with Crippen LogP contribution in [0.1, 0.15) is 36.4 Å². The summed E-state index contributed by atoms with van der Waals surface area (Å²) in [4.78, 5) is 2.83. The van der Waals surface area contributed by atoms with Gasteiger partial charge in [0.1, 0.15) is 0 Å². The molecule has 3 rings (SSSR count). The lowest BCUT2D eigenvalue weighted by Crippen LogP contribution is -2.45. The van der Waals surface area contributed by atoms with E-state index < -0.39 is 9.84 Å². The molecule has 0 saturated carbocycles. The van der Waals surface area contributed by atoms with E-state index in [1.165, 1.54) is 5.56 Å². The Morgan fingerprint density at radius 2 is 1.86 bits per heavy atom. The normalized spacial score (nSPS) is 19.2. The number of benzene rings is 2. The van der Waals surface area contributed by atoms with Gasteiger partial charge in [0.2, 0.25) is 0 Å². The monoisotopic (exact) mass is 416 g/mol. The molecule has 2 unspecified atom stereocenters. The van der Waals surface area contributed by atoms with Crippen LogP contribution in [0.2, 0.25) is 0 Å². The minimum atomic E-state index is -3.33. The van der Waals surface area contributed by atoms with Crippen LogP contribution in [0.25, 0.3) is 0 Å². The van der Waals surface area contributed by atoms with Crippen molar-refractivity contribution in [2.75, 3.05) is 45.6 Å². The second kappa shape index (κ2) is 10.3. The van der Waals surface area contributed by atoms with Gasteiger partial charge in [-0.25, -0.2) is 8.42 Å². The third kappa shape index (κ3) is 5.66. The van der Waals surface area contributed by atoms with Gasteiger partial charge in [-0.1, -0.05) is 49.4 Å². The maximum atomic E-state index is 12.9. The Bertz CT molecular complexity index is 853. The summed E-state index contributed by atoms with van der Waals surface area (Å²) in [7, 11) is -1.68. The van der Waals surface area contributed by atoms with Crippen LogP contribution >= 0.6 is 0 Å². The molecule has 0 amide bonds. The molecule has 29 heavy (non-hydrogen) atoms. The number of hydrogen-bond donors (Lipinski definition) is 1. The van der Waals surface area contributed by atoms with Crippen molar-refractivity contribution in [1.82, 2.24) is 10.2 Å². The maximum absolute atomic E-state index is 12.9. The molecule has 1 aliphatic rings. The summed E-state index contributed by atoms with van der Waals surface area (Å²) in [5.41, 5.74) is 2.28. The summed E-state index contributed by atoms with van der Waals surface area (Å²) in [6, 6.07) is 17.7. The van der Waals surface area contributed by atoms with Gasteiger partial charge in [-0.15, -0.1) is 0 Å². The second-order valence-corrected chi connectivity index (χ2v) is 9.70. The molecule has 0 aliphatic carbocycles. The third-order valence-corrected chi connectivity index (χ3v) is 7.52. The Morgan fingerprint density at radius 3 is 2.52 bits per heavy atom. The maximum Gasteiger partial charge on any atom is 0.178 e. The molecule has 1 aliphatic heterocycles. The number of nitrogens with one attached hydrogen (secondary N) is 1. The Morgan fingerprint density at radius 1 is 1.14 bits per heavy atom. The highest BCUT2D eigenvalue weighted by Gasteiger charge is 2.24. The van der Waals surface area contributed by atoms with Crippen molar-refractivity contribution in [2.24, 2.45) is 0 Å². The molecule has 0 bridgehead atoms. The summed E-state index contributed by atoms with van der Waals surface area (Å²) < 4.78 is 31.2. The average Bonchev–Trinajstić information content (AvgIpc) is 2.77. The van der Waals surface area contributed by atoms with Gasteiger partial charge >= 0.3 is 0 Å². The van der Waals surface area contributed by atoms with Gasteiger partial charge in [0, 0.05) is 38.7 Å². The quantitative estimate of drug-likeness (QED) is 0.680. The van der Waals surface area contributed by atoms with Crippen molar-refractivity contribution in [1.29, 1.82) is 0 Å². The number of nitrogens with zero attached hydrogens (tertiary/aromatic N) is 1. The molecule has 0 aromatic heterocycles. The highest BCUT2D eigenvalue weighted by molar-refractivity contribution is 7.91. The molecular formula is C23H32N2O3S. The lowest BCUT2D eigenvalue weighted by atomic mass is 9.97. The lowest BCUT2D eigenvalue weighted by Gasteiger charge is -2.35. The van der Waals surface area contributed by atoms with Crippen LogP contribution in [0.15, 0.2) is 59.5 Å². The predicted octanol–water partition coefficient (Wildman–Crippen LogP) is 3.25. The number of likely N-dealkylation sites (N-methyl/N-ethyl adjacent to an activating group) is 1. The molecule has 1 saturated heterocycles. The van der Waals surface area contributed by atoms with E-state index in [0.717, 1.165) is 31.7 Å². The number of sulfone groups is 1. The molecule has 6 heteroatoms. The first-order chi connectivity index (χ1) is 14.0. The van der Waals surface area contributed by atoms with Gasteiger partial charge in [-0.2, -0.15) is 0 Å². The Hall–Kier alpha value is -1.73. The average molecular weight is 417 g/mol. The molecule has 0 radical (unpaired) electrons. The molecule has 2 aromatic rings. The van der Waals surface area contributed by atoms with E-state index in [9.17, 15) is 8.42 Å². The van der Waals surface area contributed by atoms with E-state index >= 15 is 0 Å². The van der Waals surface area contributed by atoms with E-state index in [2.05, 4.69) is 17.1 Å². The van der Waals surface area contributed by atoms with Crippen molar-refractivity contribution in [3.05, 3.63) is 65.7 Å². The Labute approximate surface area is 175 Å². The van der Waals surface area contributed by atoms with Crippen LogP contribution in [0, 0.1) is 0 Å². The largest absolute Gasteiger partial charge is 0.384 e. The zero-order valence-electron chi connectivity index (χ0n) is 17.4.